The van der Waals surface area contributed by atoms with Crippen LogP contribution in [0.25, 0.3) is 11.0 Å². The molecule has 0 bridgehead atoms. The average Bonchev–Trinajstić information content (AvgIpc) is 2.98. The number of anilines is 1. The van der Waals surface area contributed by atoms with Gasteiger partial charge in [0.15, 0.2) is 10.8 Å². The summed E-state index contributed by atoms with van der Waals surface area (Å²) in [7, 11) is 3.15. The second-order valence-corrected chi connectivity index (χ2v) is 7.37. The predicted octanol–water partition coefficient (Wildman–Crippen LogP) is 1.15. The van der Waals surface area contributed by atoms with Crippen LogP contribution in [-0.2, 0) is 20.8 Å². The van der Waals surface area contributed by atoms with Gasteiger partial charge >= 0.3 is 0 Å². The Hall–Kier alpha value is -1.91. The third kappa shape index (κ3) is 5.82. The molecule has 0 aliphatic carbocycles. The number of nitrogens with zero attached hydrogens (tertiary/aromatic N) is 4. The van der Waals surface area contributed by atoms with Crippen LogP contribution in [0.3, 0.4) is 0 Å². The van der Waals surface area contributed by atoms with Crippen molar-refractivity contribution in [2.24, 2.45) is 0 Å². The van der Waals surface area contributed by atoms with Crippen molar-refractivity contribution >= 4 is 34.5 Å². The predicted molar refractivity (Wildman–Crippen MR) is 102 cm³/mol. The van der Waals surface area contributed by atoms with Gasteiger partial charge in [0.2, 0.25) is 5.91 Å². The van der Waals surface area contributed by atoms with Gasteiger partial charge in [-0.1, -0.05) is 25.6 Å². The van der Waals surface area contributed by atoms with Crippen LogP contribution in [0.2, 0.25) is 0 Å². The molecule has 0 unspecified atom stereocenters. The summed E-state index contributed by atoms with van der Waals surface area (Å²) in [5.41, 5.74) is 0.740. The fraction of sp³-hybridized carbons (Fsp3) is 0.625. The molecule has 0 atom stereocenters. The van der Waals surface area contributed by atoms with Gasteiger partial charge in [0.05, 0.1) is 24.7 Å². The Balaban J connectivity index is 2.19. The average molecular weight is 382 g/mol. The zero-order valence-electron chi connectivity index (χ0n) is 15.6. The van der Waals surface area contributed by atoms with Gasteiger partial charge in [-0.2, -0.15) is 5.10 Å². The number of fused-ring (bicyclic) bond motifs is 1. The Kier molecular flexibility index (Phi) is 8.07. The number of nitrogens with one attached hydrogen (secondary N) is 2. The van der Waals surface area contributed by atoms with Crippen molar-refractivity contribution in [3.05, 3.63) is 6.20 Å². The molecule has 0 aromatic carbocycles. The molecule has 0 saturated carbocycles. The van der Waals surface area contributed by atoms with Crippen LogP contribution in [-0.4, -0.2) is 71.4 Å². The first-order valence-electron chi connectivity index (χ1n) is 8.43. The summed E-state index contributed by atoms with van der Waals surface area (Å²) in [5.74, 6) is 0.585. The number of rotatable bonds is 11. The zero-order chi connectivity index (χ0) is 18.9. The van der Waals surface area contributed by atoms with Gasteiger partial charge in [0, 0.05) is 32.6 Å². The van der Waals surface area contributed by atoms with Crippen LogP contribution in [0.1, 0.15) is 13.8 Å². The summed E-state index contributed by atoms with van der Waals surface area (Å²) < 4.78 is 11.7. The molecule has 1 amide bonds. The lowest BCUT2D eigenvalue weighted by Gasteiger charge is -2.10. The van der Waals surface area contributed by atoms with Gasteiger partial charge in [0.25, 0.3) is 0 Å². The molecule has 0 aliphatic heterocycles. The van der Waals surface area contributed by atoms with Crippen LogP contribution < -0.4 is 10.6 Å². The van der Waals surface area contributed by atoms with E-state index in [2.05, 4.69) is 39.5 Å². The Morgan fingerprint density at radius 2 is 2.08 bits per heavy atom. The van der Waals surface area contributed by atoms with Crippen molar-refractivity contribution in [3.8, 4) is 0 Å². The third-order valence-corrected chi connectivity index (χ3v) is 4.20. The zero-order valence-corrected chi connectivity index (χ0v) is 16.4. The Labute approximate surface area is 157 Å². The molecule has 0 saturated heterocycles. The topological polar surface area (TPSA) is 103 Å². The highest BCUT2D eigenvalue weighted by Gasteiger charge is 2.14. The smallest absolute Gasteiger partial charge is 0.246 e. The monoisotopic (exact) mass is 382 g/mol. The lowest BCUT2D eigenvalue weighted by atomic mass is 10.4. The van der Waals surface area contributed by atoms with E-state index in [-0.39, 0.29) is 12.5 Å². The van der Waals surface area contributed by atoms with E-state index in [1.807, 2.05) is 0 Å². The number of carbonyl (C=O) groups is 1. The van der Waals surface area contributed by atoms with Crippen molar-refractivity contribution in [2.45, 2.75) is 30.8 Å². The minimum absolute atomic E-state index is 0.0464. The van der Waals surface area contributed by atoms with E-state index in [0.717, 1.165) is 16.9 Å². The number of hydrogen-bond acceptors (Lipinski definition) is 8. The van der Waals surface area contributed by atoms with Gasteiger partial charge in [-0.3, -0.25) is 4.79 Å². The summed E-state index contributed by atoms with van der Waals surface area (Å²) in [5, 5.41) is 12.4. The largest absolute Gasteiger partial charge is 0.383 e. The third-order valence-electron chi connectivity index (χ3n) is 3.34. The van der Waals surface area contributed by atoms with Crippen molar-refractivity contribution in [2.75, 3.05) is 45.8 Å². The lowest BCUT2D eigenvalue weighted by Crippen LogP contribution is -2.30. The van der Waals surface area contributed by atoms with Gasteiger partial charge in [-0.25, -0.2) is 14.6 Å². The van der Waals surface area contributed by atoms with Crippen LogP contribution in [0.15, 0.2) is 11.4 Å². The molecule has 2 N–H and O–H groups in total. The normalized spacial score (nSPS) is 11.3. The number of ether oxygens (including phenoxy) is 2. The lowest BCUT2D eigenvalue weighted by molar-refractivity contribution is -0.124. The molecule has 0 radical (unpaired) electrons. The second kappa shape index (κ2) is 10.3. The molecule has 9 nitrogen and oxygen atoms in total. The molecule has 2 aromatic rings. The maximum atomic E-state index is 11.5. The molecular formula is C16H26N6O3S. The fourth-order valence-corrected chi connectivity index (χ4v) is 2.96. The van der Waals surface area contributed by atoms with Crippen LogP contribution in [0, 0.1) is 0 Å². The van der Waals surface area contributed by atoms with Crippen molar-refractivity contribution < 1.29 is 14.3 Å². The quantitative estimate of drug-likeness (QED) is 0.339. The van der Waals surface area contributed by atoms with E-state index in [4.69, 9.17) is 9.47 Å². The first-order chi connectivity index (χ1) is 12.5. The van der Waals surface area contributed by atoms with Gasteiger partial charge in [-0.05, 0) is 0 Å². The number of methoxy groups -OCH3 is 2. The summed E-state index contributed by atoms with van der Waals surface area (Å²) >= 11 is 1.59. The second-order valence-electron chi connectivity index (χ2n) is 5.83. The molecule has 2 aromatic heterocycles. The van der Waals surface area contributed by atoms with Crippen molar-refractivity contribution in [1.29, 1.82) is 0 Å². The maximum absolute atomic E-state index is 11.5. The SMILES string of the molecule is COCCNc1nc(SC(C)C)nc2c1cnn2CCNC(=O)COC. The van der Waals surface area contributed by atoms with E-state index in [0.29, 0.717) is 36.6 Å². The molecule has 0 aliphatic rings. The highest BCUT2D eigenvalue weighted by atomic mass is 32.2. The van der Waals surface area contributed by atoms with Gasteiger partial charge in [0.1, 0.15) is 12.4 Å². The molecule has 2 heterocycles. The fourth-order valence-electron chi connectivity index (χ4n) is 2.25. The van der Waals surface area contributed by atoms with E-state index in [1.165, 1.54) is 7.11 Å². The molecule has 0 spiro atoms. The van der Waals surface area contributed by atoms with Gasteiger partial charge in [-0.15, -0.1) is 0 Å². The number of hydrogen-bond donors (Lipinski definition) is 2. The van der Waals surface area contributed by atoms with E-state index in [1.54, 1.807) is 29.8 Å². The molecule has 0 fully saturated rings. The molecule has 10 heteroatoms. The van der Waals surface area contributed by atoms with E-state index >= 15 is 0 Å². The first kappa shape index (κ1) is 20.4. The van der Waals surface area contributed by atoms with Crippen LogP contribution >= 0.6 is 11.8 Å². The molecular weight excluding hydrogens is 356 g/mol. The van der Waals surface area contributed by atoms with E-state index in [9.17, 15) is 4.79 Å². The van der Waals surface area contributed by atoms with Crippen LogP contribution in [0.5, 0.6) is 0 Å². The van der Waals surface area contributed by atoms with E-state index < -0.39 is 0 Å². The van der Waals surface area contributed by atoms with Gasteiger partial charge < -0.3 is 20.1 Å². The number of thioether (sulfide) groups is 1. The Bertz CT molecular complexity index is 721. The minimum Gasteiger partial charge on any atom is -0.383 e. The number of carbonyl (C=O) groups excluding carboxylic acids is 1. The number of amides is 1. The minimum atomic E-state index is -0.156. The molecule has 26 heavy (non-hydrogen) atoms. The molecule has 2 rings (SSSR count). The maximum Gasteiger partial charge on any atom is 0.246 e. The summed E-state index contributed by atoms with van der Waals surface area (Å²) in [6.07, 6.45) is 1.74. The standard InChI is InChI=1S/C16H26N6O3S/c1-11(2)26-16-20-14(18-6-8-24-3)12-9-19-22(15(12)21-16)7-5-17-13(23)10-25-4/h9,11H,5-8,10H2,1-4H3,(H,17,23)(H,18,20,21). The van der Waals surface area contributed by atoms with Crippen molar-refractivity contribution in [3.63, 3.8) is 0 Å². The number of aromatic nitrogens is 4. The highest BCUT2D eigenvalue weighted by Crippen LogP contribution is 2.26. The Morgan fingerprint density at radius 3 is 2.77 bits per heavy atom. The first-order valence-corrected chi connectivity index (χ1v) is 9.31. The Morgan fingerprint density at radius 1 is 1.27 bits per heavy atom. The molecule has 144 valence electrons. The summed E-state index contributed by atoms with van der Waals surface area (Å²) in [6, 6.07) is 0. The summed E-state index contributed by atoms with van der Waals surface area (Å²) in [6.45, 7) is 6.42. The van der Waals surface area contributed by atoms with Crippen LogP contribution in [0.4, 0.5) is 5.82 Å². The highest BCUT2D eigenvalue weighted by molar-refractivity contribution is 7.99. The van der Waals surface area contributed by atoms with Crippen molar-refractivity contribution in [1.82, 2.24) is 25.1 Å². The summed E-state index contributed by atoms with van der Waals surface area (Å²) in [4.78, 5) is 20.7.